The molecule has 0 aliphatic carbocycles. The van der Waals surface area contributed by atoms with Crippen molar-refractivity contribution >= 4 is 11.5 Å². The van der Waals surface area contributed by atoms with Gasteiger partial charge in [-0.25, -0.2) is 19.9 Å². The molecule has 0 spiro atoms. The summed E-state index contributed by atoms with van der Waals surface area (Å²) in [4.78, 5) is 18.5. The Morgan fingerprint density at radius 1 is 1.18 bits per heavy atom. The lowest BCUT2D eigenvalue weighted by atomic mass is 10.0. The summed E-state index contributed by atoms with van der Waals surface area (Å²) in [7, 11) is 0. The van der Waals surface area contributed by atoms with E-state index in [0.29, 0.717) is 23.1 Å². The van der Waals surface area contributed by atoms with Crippen molar-refractivity contribution < 1.29 is 18.3 Å². The van der Waals surface area contributed by atoms with Gasteiger partial charge in [-0.2, -0.15) is 13.2 Å². The first kappa shape index (κ1) is 18.6. The molecule has 28 heavy (non-hydrogen) atoms. The number of nitrogens with zero attached hydrogens (tertiary/aromatic N) is 6. The molecule has 10 heteroatoms. The van der Waals surface area contributed by atoms with Crippen LogP contribution in [-0.4, -0.2) is 49.1 Å². The molecule has 0 saturated carbocycles. The number of alkyl halides is 3. The van der Waals surface area contributed by atoms with Crippen LogP contribution < -0.4 is 4.90 Å². The molecule has 0 bridgehead atoms. The van der Waals surface area contributed by atoms with Crippen LogP contribution in [0.25, 0.3) is 17.2 Å². The minimum Gasteiger partial charge on any atom is -0.396 e. The van der Waals surface area contributed by atoms with Crippen molar-refractivity contribution in [1.82, 2.24) is 24.3 Å². The molecule has 148 valence electrons. The van der Waals surface area contributed by atoms with Crippen LogP contribution in [-0.2, 0) is 6.18 Å². The van der Waals surface area contributed by atoms with Crippen LogP contribution in [0, 0.1) is 5.92 Å². The molecule has 1 atom stereocenters. The van der Waals surface area contributed by atoms with Crippen molar-refractivity contribution in [3.05, 3.63) is 36.5 Å². The Bertz CT molecular complexity index is 973. The third kappa shape index (κ3) is 3.64. The van der Waals surface area contributed by atoms with E-state index in [-0.39, 0.29) is 6.61 Å². The molecule has 1 fully saturated rings. The van der Waals surface area contributed by atoms with E-state index >= 15 is 0 Å². The SMILES string of the molecule is OCCCC1CCN(c2ccnc(-c3cnc4cnc(C(F)(F)F)cn34)n2)C1. The summed E-state index contributed by atoms with van der Waals surface area (Å²) < 4.78 is 40.3. The third-order valence-electron chi connectivity index (χ3n) is 4.94. The first-order valence-electron chi connectivity index (χ1n) is 9.05. The summed E-state index contributed by atoms with van der Waals surface area (Å²) in [5.74, 6) is 1.54. The van der Waals surface area contributed by atoms with Crippen molar-refractivity contribution in [2.24, 2.45) is 5.92 Å². The number of hydrogen-bond acceptors (Lipinski definition) is 6. The molecule has 3 aromatic heterocycles. The number of anilines is 1. The number of hydrogen-bond donors (Lipinski definition) is 1. The highest BCUT2D eigenvalue weighted by molar-refractivity contribution is 5.58. The van der Waals surface area contributed by atoms with Crippen LogP contribution in [0.3, 0.4) is 0 Å². The Hall–Kier alpha value is -2.75. The van der Waals surface area contributed by atoms with Gasteiger partial charge in [-0.3, -0.25) is 4.40 Å². The maximum atomic E-state index is 13.0. The van der Waals surface area contributed by atoms with Crippen LogP contribution in [0.2, 0.25) is 0 Å². The standard InChI is InChI=1S/C18H19F3N6O/c19-18(20,21)14-11-27-13(8-24-16(27)9-23-14)17-22-5-3-15(25-17)26-6-4-12(10-26)2-1-7-28/h3,5,8-9,11-12,28H,1-2,4,6-7,10H2. The van der Waals surface area contributed by atoms with E-state index < -0.39 is 11.9 Å². The largest absolute Gasteiger partial charge is 0.434 e. The van der Waals surface area contributed by atoms with Crippen molar-refractivity contribution in [2.45, 2.75) is 25.4 Å². The molecule has 4 rings (SSSR count). The Kier molecular flexibility index (Phi) is 4.88. The Labute approximate surface area is 158 Å². The molecule has 1 N–H and O–H groups in total. The monoisotopic (exact) mass is 392 g/mol. The van der Waals surface area contributed by atoms with Gasteiger partial charge in [-0.05, 0) is 31.2 Å². The molecule has 0 amide bonds. The number of aliphatic hydroxyl groups excluding tert-OH is 1. The van der Waals surface area contributed by atoms with Crippen molar-refractivity contribution in [2.75, 3.05) is 24.6 Å². The van der Waals surface area contributed by atoms with Gasteiger partial charge in [0.05, 0.1) is 12.4 Å². The molecule has 1 saturated heterocycles. The molecule has 0 aromatic carbocycles. The summed E-state index contributed by atoms with van der Waals surface area (Å²) in [6.45, 7) is 1.88. The topological polar surface area (TPSA) is 79.4 Å². The van der Waals surface area contributed by atoms with Crippen molar-refractivity contribution in [3.8, 4) is 11.5 Å². The summed E-state index contributed by atoms with van der Waals surface area (Å²) >= 11 is 0. The molecule has 4 heterocycles. The highest BCUT2D eigenvalue weighted by Gasteiger charge is 2.33. The van der Waals surface area contributed by atoms with E-state index in [1.165, 1.54) is 10.6 Å². The number of fused-ring (bicyclic) bond motifs is 1. The molecule has 0 radical (unpaired) electrons. The van der Waals surface area contributed by atoms with Gasteiger partial charge >= 0.3 is 6.18 Å². The van der Waals surface area contributed by atoms with Gasteiger partial charge in [-0.1, -0.05) is 0 Å². The van der Waals surface area contributed by atoms with Gasteiger partial charge in [0.15, 0.2) is 17.2 Å². The molecule has 3 aromatic rings. The number of aliphatic hydroxyl groups is 1. The molecule has 1 unspecified atom stereocenters. The molecular weight excluding hydrogens is 373 g/mol. The van der Waals surface area contributed by atoms with E-state index in [4.69, 9.17) is 5.11 Å². The minimum atomic E-state index is -4.54. The van der Waals surface area contributed by atoms with Crippen molar-refractivity contribution in [1.29, 1.82) is 0 Å². The summed E-state index contributed by atoms with van der Waals surface area (Å²) in [5, 5.41) is 8.99. The number of imidazole rings is 1. The van der Waals surface area contributed by atoms with Crippen LogP contribution in [0.4, 0.5) is 19.0 Å². The lowest BCUT2D eigenvalue weighted by Crippen LogP contribution is -2.21. The van der Waals surface area contributed by atoms with Crippen LogP contribution in [0.1, 0.15) is 25.0 Å². The fraction of sp³-hybridized carbons (Fsp3) is 0.444. The zero-order chi connectivity index (χ0) is 19.7. The normalized spacial score (nSPS) is 17.6. The van der Waals surface area contributed by atoms with Gasteiger partial charge in [0.25, 0.3) is 0 Å². The minimum absolute atomic E-state index is 0.192. The van der Waals surface area contributed by atoms with Gasteiger partial charge in [0.2, 0.25) is 0 Å². The second kappa shape index (κ2) is 7.34. The maximum Gasteiger partial charge on any atom is 0.434 e. The molecule has 1 aliphatic heterocycles. The molecule has 1 aliphatic rings. The van der Waals surface area contributed by atoms with Crippen LogP contribution >= 0.6 is 0 Å². The summed E-state index contributed by atoms with van der Waals surface area (Å²) in [6.07, 6.45) is 3.27. The lowest BCUT2D eigenvalue weighted by molar-refractivity contribution is -0.141. The summed E-state index contributed by atoms with van der Waals surface area (Å²) in [5.41, 5.74) is -0.329. The lowest BCUT2D eigenvalue weighted by Gasteiger charge is -2.18. The molecular formula is C18H19F3N6O. The first-order chi connectivity index (χ1) is 13.5. The highest BCUT2D eigenvalue weighted by atomic mass is 19.4. The predicted molar refractivity (Wildman–Crippen MR) is 95.7 cm³/mol. The number of rotatable bonds is 5. The maximum absolute atomic E-state index is 13.0. The molecule has 7 nitrogen and oxygen atoms in total. The van der Waals surface area contributed by atoms with E-state index in [9.17, 15) is 13.2 Å². The second-order valence-corrected chi connectivity index (χ2v) is 6.85. The van der Waals surface area contributed by atoms with Gasteiger partial charge in [0, 0.05) is 32.1 Å². The average molecular weight is 392 g/mol. The van der Waals surface area contributed by atoms with E-state index in [0.717, 1.165) is 50.6 Å². The van der Waals surface area contributed by atoms with E-state index in [2.05, 4.69) is 24.8 Å². The van der Waals surface area contributed by atoms with Crippen LogP contribution in [0.5, 0.6) is 0 Å². The first-order valence-corrected chi connectivity index (χ1v) is 9.05. The summed E-state index contributed by atoms with van der Waals surface area (Å²) in [6, 6.07) is 1.80. The fourth-order valence-corrected chi connectivity index (χ4v) is 3.51. The number of aromatic nitrogens is 5. The average Bonchev–Trinajstić information content (AvgIpc) is 3.32. The van der Waals surface area contributed by atoms with Gasteiger partial charge < -0.3 is 10.0 Å². The Morgan fingerprint density at radius 2 is 2.04 bits per heavy atom. The fourth-order valence-electron chi connectivity index (χ4n) is 3.51. The zero-order valence-electron chi connectivity index (χ0n) is 15.0. The second-order valence-electron chi connectivity index (χ2n) is 6.85. The third-order valence-corrected chi connectivity index (χ3v) is 4.94. The zero-order valence-corrected chi connectivity index (χ0v) is 15.0. The van der Waals surface area contributed by atoms with E-state index in [1.807, 2.05) is 0 Å². The number of halogens is 3. The Morgan fingerprint density at radius 3 is 2.82 bits per heavy atom. The van der Waals surface area contributed by atoms with E-state index in [1.54, 1.807) is 12.3 Å². The smallest absolute Gasteiger partial charge is 0.396 e. The predicted octanol–water partition coefficient (Wildman–Crippen LogP) is 2.80. The van der Waals surface area contributed by atoms with Crippen molar-refractivity contribution in [3.63, 3.8) is 0 Å². The highest BCUT2D eigenvalue weighted by Crippen LogP contribution is 2.29. The van der Waals surface area contributed by atoms with Gasteiger partial charge in [-0.15, -0.1) is 0 Å². The van der Waals surface area contributed by atoms with Gasteiger partial charge in [0.1, 0.15) is 11.5 Å². The quantitative estimate of drug-likeness (QED) is 0.719. The Balaban J connectivity index is 1.63. The van der Waals surface area contributed by atoms with Crippen LogP contribution in [0.15, 0.2) is 30.9 Å².